The molecule has 1 atom stereocenters. The molecule has 4 rings (SSSR count). The smallest absolute Gasteiger partial charge is 0.322 e. The minimum absolute atomic E-state index is 0.0740. The molecule has 0 aromatic heterocycles. The summed E-state index contributed by atoms with van der Waals surface area (Å²) in [6, 6.07) is 1.67. The van der Waals surface area contributed by atoms with E-state index in [1.54, 1.807) is 22.3 Å². The van der Waals surface area contributed by atoms with Crippen LogP contribution < -0.4 is 14.8 Å². The number of nitrogens with zero attached hydrogens (tertiary/aromatic N) is 2. The molecule has 1 unspecified atom stereocenters. The van der Waals surface area contributed by atoms with Crippen molar-refractivity contribution in [2.45, 2.75) is 12.5 Å². The molecular weight excluding hydrogens is 453 g/mol. The highest BCUT2D eigenvalue weighted by molar-refractivity contribution is 5.93. The molecule has 2 aromatic rings. The molecule has 1 fully saturated rings. The quantitative estimate of drug-likeness (QED) is 0.424. The van der Waals surface area contributed by atoms with Gasteiger partial charge in [0.2, 0.25) is 11.7 Å². The van der Waals surface area contributed by atoms with Gasteiger partial charge in [-0.05, 0) is 29.7 Å². The lowest BCUT2D eigenvalue weighted by molar-refractivity contribution is -0.139. The van der Waals surface area contributed by atoms with E-state index in [0.29, 0.717) is 30.0 Å². The lowest BCUT2D eigenvalue weighted by atomic mass is 9.90. The first-order valence-corrected chi connectivity index (χ1v) is 9.79. The zero-order valence-corrected chi connectivity index (χ0v) is 17.5. The number of nitrogens with one attached hydrogen (secondary N) is 1. The fraction of sp³-hybridized carbons (Fsp3) is 0.333. The summed E-state index contributed by atoms with van der Waals surface area (Å²) < 4.78 is 78.8. The maximum absolute atomic E-state index is 14.0. The van der Waals surface area contributed by atoms with Crippen LogP contribution >= 0.6 is 0 Å². The van der Waals surface area contributed by atoms with Crippen molar-refractivity contribution in [2.75, 3.05) is 39.2 Å². The normalized spacial score (nSPS) is 17.4. The molecule has 1 N–H and O–H groups in total. The second-order valence-electron chi connectivity index (χ2n) is 7.51. The van der Waals surface area contributed by atoms with E-state index in [9.17, 15) is 31.5 Å². The molecule has 176 valence electrons. The molecule has 2 heterocycles. The number of urea groups is 1. The van der Waals surface area contributed by atoms with Crippen LogP contribution in [0.2, 0.25) is 0 Å². The number of halogens is 5. The van der Waals surface area contributed by atoms with E-state index in [4.69, 9.17) is 9.47 Å². The van der Waals surface area contributed by atoms with E-state index in [2.05, 4.69) is 0 Å². The van der Waals surface area contributed by atoms with Crippen LogP contribution in [0.25, 0.3) is 0 Å². The van der Waals surface area contributed by atoms with Crippen molar-refractivity contribution >= 4 is 17.6 Å². The Bertz CT molecular complexity index is 1130. The second kappa shape index (κ2) is 8.41. The van der Waals surface area contributed by atoms with Crippen LogP contribution in [0.15, 0.2) is 12.1 Å². The molecule has 0 saturated carbocycles. The Morgan fingerprint density at radius 3 is 2.15 bits per heavy atom. The Morgan fingerprint density at radius 2 is 1.55 bits per heavy atom. The van der Waals surface area contributed by atoms with Gasteiger partial charge in [0, 0.05) is 13.1 Å². The second-order valence-corrected chi connectivity index (χ2v) is 7.51. The topological polar surface area (TPSA) is 71.1 Å². The molecule has 3 amide bonds. The van der Waals surface area contributed by atoms with E-state index in [0.717, 1.165) is 10.5 Å². The number of benzene rings is 2. The van der Waals surface area contributed by atoms with Crippen LogP contribution in [-0.2, 0) is 11.2 Å². The van der Waals surface area contributed by atoms with Gasteiger partial charge in [0.1, 0.15) is 12.2 Å². The highest BCUT2D eigenvalue weighted by atomic mass is 19.2. The van der Waals surface area contributed by atoms with Crippen molar-refractivity contribution < 1.29 is 41.0 Å². The number of carbonyl (C=O) groups excluding carboxylic acids is 2. The minimum Gasteiger partial charge on any atom is -0.493 e. The molecule has 2 aliphatic heterocycles. The Labute approximate surface area is 184 Å². The van der Waals surface area contributed by atoms with Crippen molar-refractivity contribution in [1.82, 2.24) is 9.80 Å². The highest BCUT2D eigenvalue weighted by Gasteiger charge is 2.40. The number of fused-ring (bicyclic) bond motifs is 3. The molecule has 2 aliphatic rings. The summed E-state index contributed by atoms with van der Waals surface area (Å²) in [5, 5.41) is 1.71. The van der Waals surface area contributed by atoms with Crippen molar-refractivity contribution in [3.8, 4) is 11.5 Å². The van der Waals surface area contributed by atoms with Crippen LogP contribution in [0.5, 0.6) is 11.5 Å². The highest BCUT2D eigenvalue weighted by Crippen LogP contribution is 2.40. The van der Waals surface area contributed by atoms with Crippen LogP contribution in [0.3, 0.4) is 0 Å². The molecular formula is C21H18F5N3O4. The van der Waals surface area contributed by atoms with Crippen molar-refractivity contribution in [3.63, 3.8) is 0 Å². The number of rotatable bonds is 3. The number of anilines is 1. The number of hydrogen-bond acceptors (Lipinski definition) is 4. The summed E-state index contributed by atoms with van der Waals surface area (Å²) in [5.41, 5.74) is 0.0754. The van der Waals surface area contributed by atoms with Gasteiger partial charge < -0.3 is 24.6 Å². The number of ether oxygens (including phenoxy) is 2. The van der Waals surface area contributed by atoms with Crippen molar-refractivity contribution in [2.24, 2.45) is 0 Å². The van der Waals surface area contributed by atoms with Gasteiger partial charge in [0.05, 0.1) is 20.3 Å². The van der Waals surface area contributed by atoms with E-state index >= 15 is 0 Å². The van der Waals surface area contributed by atoms with Crippen molar-refractivity contribution in [1.29, 1.82) is 0 Å². The molecule has 2 aromatic carbocycles. The first kappa shape index (κ1) is 22.6. The summed E-state index contributed by atoms with van der Waals surface area (Å²) in [6.07, 6.45) is 0.536. The molecule has 33 heavy (non-hydrogen) atoms. The Balaban J connectivity index is 1.64. The number of piperazine rings is 1. The zero-order chi connectivity index (χ0) is 24.0. The van der Waals surface area contributed by atoms with Crippen LogP contribution in [0.4, 0.5) is 32.4 Å². The maximum Gasteiger partial charge on any atom is 0.322 e. The van der Waals surface area contributed by atoms with E-state index < -0.39 is 59.3 Å². The molecule has 12 heteroatoms. The third-order valence-electron chi connectivity index (χ3n) is 5.77. The number of hydrogen-bond donors (Lipinski definition) is 1. The van der Waals surface area contributed by atoms with Gasteiger partial charge in [-0.15, -0.1) is 0 Å². The van der Waals surface area contributed by atoms with Gasteiger partial charge in [0.15, 0.2) is 34.8 Å². The van der Waals surface area contributed by atoms with E-state index in [1.165, 1.54) is 14.2 Å². The first-order valence-electron chi connectivity index (χ1n) is 9.79. The fourth-order valence-corrected chi connectivity index (χ4v) is 4.11. The zero-order valence-electron chi connectivity index (χ0n) is 17.5. The van der Waals surface area contributed by atoms with Gasteiger partial charge >= 0.3 is 6.03 Å². The van der Waals surface area contributed by atoms with Gasteiger partial charge in [-0.1, -0.05) is 0 Å². The minimum atomic E-state index is -2.34. The van der Waals surface area contributed by atoms with Gasteiger partial charge in [0.25, 0.3) is 0 Å². The monoisotopic (exact) mass is 471 g/mol. The maximum atomic E-state index is 14.0. The summed E-state index contributed by atoms with van der Waals surface area (Å²) >= 11 is 0. The molecule has 0 radical (unpaired) electrons. The SMILES string of the molecule is COc1cc2c(cc1OC)C1CN(C(=O)Nc3c(F)c(F)c(F)c(F)c3F)CC(=O)N1CC2. The van der Waals surface area contributed by atoms with Crippen molar-refractivity contribution in [3.05, 3.63) is 52.3 Å². The molecule has 0 spiro atoms. The van der Waals surface area contributed by atoms with E-state index in [1.807, 2.05) is 0 Å². The predicted molar refractivity (Wildman–Crippen MR) is 105 cm³/mol. The van der Waals surface area contributed by atoms with E-state index in [-0.39, 0.29) is 6.54 Å². The molecule has 0 bridgehead atoms. The number of carbonyl (C=O) groups is 2. The summed E-state index contributed by atoms with van der Waals surface area (Å²) in [6.45, 7) is -0.130. The van der Waals surface area contributed by atoms with Gasteiger partial charge in [-0.2, -0.15) is 0 Å². The van der Waals surface area contributed by atoms with Gasteiger partial charge in [-0.3, -0.25) is 4.79 Å². The first-order chi connectivity index (χ1) is 15.7. The van der Waals surface area contributed by atoms with Crippen LogP contribution in [-0.4, -0.2) is 55.6 Å². The lowest BCUT2D eigenvalue weighted by Gasteiger charge is -2.44. The fourth-order valence-electron chi connectivity index (χ4n) is 4.11. The summed E-state index contributed by atoms with van der Waals surface area (Å²) in [5.74, 6) is -10.6. The Morgan fingerprint density at radius 1 is 0.970 bits per heavy atom. The number of amides is 3. The average Bonchev–Trinajstić information content (AvgIpc) is 2.82. The average molecular weight is 471 g/mol. The number of methoxy groups -OCH3 is 2. The Hall–Kier alpha value is -3.57. The third-order valence-corrected chi connectivity index (χ3v) is 5.77. The largest absolute Gasteiger partial charge is 0.493 e. The molecule has 1 saturated heterocycles. The summed E-state index contributed by atoms with van der Waals surface area (Å²) in [4.78, 5) is 27.9. The van der Waals surface area contributed by atoms with Crippen LogP contribution in [0, 0.1) is 29.1 Å². The van der Waals surface area contributed by atoms with Crippen LogP contribution in [0.1, 0.15) is 17.2 Å². The molecule has 7 nitrogen and oxygen atoms in total. The summed E-state index contributed by atoms with van der Waals surface area (Å²) in [7, 11) is 2.93. The Kier molecular flexibility index (Phi) is 5.76. The third kappa shape index (κ3) is 3.68. The predicted octanol–water partition coefficient (Wildman–Crippen LogP) is 3.37. The standard InChI is InChI=1S/C21H18F5N3O4/c1-32-12-5-9-3-4-29-11(10(9)6-13(12)33-2)7-28(8-14(29)30)21(31)27-20-18(25)16(23)15(22)17(24)19(20)26/h5-6,11H,3-4,7-8H2,1-2H3,(H,27,31). The lowest BCUT2D eigenvalue weighted by Crippen LogP contribution is -2.56. The van der Waals surface area contributed by atoms with Gasteiger partial charge in [-0.25, -0.2) is 26.7 Å². The molecule has 0 aliphatic carbocycles.